The first-order valence-electron chi connectivity index (χ1n) is 22.0. The second-order valence-electron chi connectivity index (χ2n) is 17.1. The molecule has 1 spiro atoms. The third kappa shape index (κ3) is 4.86. The summed E-state index contributed by atoms with van der Waals surface area (Å²) in [5.74, 6) is 1.85. The highest BCUT2D eigenvalue weighted by Crippen LogP contribution is 2.64. The average molecular weight is 816 g/mol. The minimum absolute atomic E-state index is 0.630. The van der Waals surface area contributed by atoms with E-state index >= 15 is 0 Å². The molecule has 12 aromatic rings. The smallest absolute Gasteiger partial charge is 0.140 e. The summed E-state index contributed by atoms with van der Waals surface area (Å²) in [6, 6.07) is 81.6. The molecule has 0 saturated heterocycles. The van der Waals surface area contributed by atoms with E-state index in [9.17, 15) is 0 Å². The molecule has 1 aliphatic heterocycles. The predicted molar refractivity (Wildman–Crippen MR) is 264 cm³/mol. The van der Waals surface area contributed by atoms with Crippen LogP contribution in [0.15, 0.2) is 229 Å². The van der Waals surface area contributed by atoms with E-state index in [1.54, 1.807) is 0 Å². The van der Waals surface area contributed by atoms with Gasteiger partial charge in [0, 0.05) is 49.7 Å². The van der Waals surface area contributed by atoms with E-state index in [0.29, 0.717) is 0 Å². The molecular formula is C61H37NO2. The van der Waals surface area contributed by atoms with Gasteiger partial charge in [-0.1, -0.05) is 170 Å². The van der Waals surface area contributed by atoms with Crippen molar-refractivity contribution in [2.75, 3.05) is 4.90 Å². The van der Waals surface area contributed by atoms with Gasteiger partial charge in [0.15, 0.2) is 0 Å². The molecule has 3 nitrogen and oxygen atoms in total. The monoisotopic (exact) mass is 815 g/mol. The zero-order chi connectivity index (χ0) is 41.9. The molecule has 1 aliphatic carbocycles. The Labute approximate surface area is 369 Å². The van der Waals surface area contributed by atoms with Gasteiger partial charge < -0.3 is 14.1 Å². The van der Waals surface area contributed by atoms with Crippen molar-refractivity contribution in [2.45, 2.75) is 5.41 Å². The number of ether oxygens (including phenoxy) is 1. The zero-order valence-corrected chi connectivity index (χ0v) is 34.6. The summed E-state index contributed by atoms with van der Waals surface area (Å²) in [5, 5.41) is 9.13. The fourth-order valence-corrected chi connectivity index (χ4v) is 11.1. The lowest BCUT2D eigenvalue weighted by atomic mass is 9.65. The second-order valence-corrected chi connectivity index (χ2v) is 17.1. The molecule has 0 unspecified atom stereocenters. The predicted octanol–water partition coefficient (Wildman–Crippen LogP) is 16.7. The van der Waals surface area contributed by atoms with Gasteiger partial charge in [-0.25, -0.2) is 0 Å². The molecule has 3 heteroatoms. The van der Waals surface area contributed by atoms with Crippen molar-refractivity contribution < 1.29 is 9.15 Å². The van der Waals surface area contributed by atoms with Crippen LogP contribution in [0.3, 0.4) is 0 Å². The Morgan fingerprint density at radius 3 is 1.66 bits per heavy atom. The molecule has 1 aromatic heterocycles. The molecule has 0 amide bonds. The number of hydrogen-bond donors (Lipinski definition) is 0. The number of benzene rings is 11. The summed E-state index contributed by atoms with van der Waals surface area (Å²) in [6.07, 6.45) is 0. The van der Waals surface area contributed by atoms with Crippen molar-refractivity contribution in [3.8, 4) is 33.8 Å². The van der Waals surface area contributed by atoms with Crippen molar-refractivity contribution in [2.24, 2.45) is 0 Å². The van der Waals surface area contributed by atoms with E-state index < -0.39 is 5.41 Å². The van der Waals surface area contributed by atoms with Crippen LogP contribution in [0.25, 0.3) is 76.5 Å². The summed E-state index contributed by atoms with van der Waals surface area (Å²) in [6.45, 7) is 0. The fraction of sp³-hybridized carbons (Fsp3) is 0.0164. The molecule has 0 fully saturated rings. The Balaban J connectivity index is 1.01. The molecule has 11 aromatic carbocycles. The molecule has 0 saturated carbocycles. The van der Waals surface area contributed by atoms with Gasteiger partial charge >= 0.3 is 0 Å². The van der Waals surface area contributed by atoms with Gasteiger partial charge in [0.05, 0.1) is 5.41 Å². The summed E-state index contributed by atoms with van der Waals surface area (Å²) in [5.41, 5.74) is 14.1. The third-order valence-electron chi connectivity index (χ3n) is 13.9. The van der Waals surface area contributed by atoms with E-state index in [1.807, 2.05) is 12.1 Å². The molecule has 0 radical (unpaired) electrons. The van der Waals surface area contributed by atoms with Crippen molar-refractivity contribution >= 4 is 71.3 Å². The van der Waals surface area contributed by atoms with Crippen molar-refractivity contribution in [1.29, 1.82) is 0 Å². The largest absolute Gasteiger partial charge is 0.456 e. The van der Waals surface area contributed by atoms with E-state index in [1.165, 1.54) is 55.3 Å². The van der Waals surface area contributed by atoms with Gasteiger partial charge in [0.1, 0.15) is 22.7 Å². The van der Waals surface area contributed by atoms with Crippen LogP contribution in [0, 0.1) is 0 Å². The first-order valence-corrected chi connectivity index (χ1v) is 22.0. The van der Waals surface area contributed by atoms with Crippen molar-refractivity contribution in [3.05, 3.63) is 247 Å². The maximum Gasteiger partial charge on any atom is 0.140 e. The fourth-order valence-electron chi connectivity index (χ4n) is 11.1. The van der Waals surface area contributed by atoms with Crippen molar-refractivity contribution in [1.82, 2.24) is 0 Å². The Morgan fingerprint density at radius 1 is 0.312 bits per heavy atom. The van der Waals surface area contributed by atoms with Crippen LogP contribution in [0.4, 0.5) is 17.1 Å². The number of furan rings is 1. The molecule has 64 heavy (non-hydrogen) atoms. The number of hydrogen-bond acceptors (Lipinski definition) is 3. The van der Waals surface area contributed by atoms with Crippen LogP contribution in [0.5, 0.6) is 11.5 Å². The number of para-hydroxylation sites is 2. The standard InChI is InChI=1S/C61H37NO2/c1-2-16-42(17-3-1)62(44-30-34-58-52(37-44)50-21-9-11-24-57(50)63-58)43-29-25-40-15-12-22-45(51(40)36-43)41-26-31-49-48-20-8-10-23-53(48)61(56(49)35-41)54-32-27-38-13-4-6-18-46(38)59(54)64-60-47-19-7-5-14-39(47)28-33-55(60)61/h1-37H. The van der Waals surface area contributed by atoms with E-state index in [0.717, 1.165) is 72.0 Å². The summed E-state index contributed by atoms with van der Waals surface area (Å²) in [7, 11) is 0. The maximum absolute atomic E-state index is 7.23. The van der Waals surface area contributed by atoms with Gasteiger partial charge in [0.25, 0.3) is 0 Å². The minimum Gasteiger partial charge on any atom is -0.456 e. The zero-order valence-electron chi connectivity index (χ0n) is 34.6. The molecule has 0 atom stereocenters. The first-order chi connectivity index (χ1) is 31.7. The highest BCUT2D eigenvalue weighted by Gasteiger charge is 2.52. The summed E-state index contributed by atoms with van der Waals surface area (Å²) < 4.78 is 13.5. The van der Waals surface area contributed by atoms with Gasteiger partial charge in [-0.05, 0) is 110 Å². The number of nitrogens with zero attached hydrogens (tertiary/aromatic N) is 1. The van der Waals surface area contributed by atoms with E-state index in [4.69, 9.17) is 9.15 Å². The normalized spacial score (nSPS) is 13.2. The Kier molecular flexibility index (Phi) is 7.32. The molecule has 14 rings (SSSR count). The topological polar surface area (TPSA) is 25.6 Å². The molecule has 0 N–H and O–H groups in total. The van der Waals surface area contributed by atoms with E-state index in [-0.39, 0.29) is 0 Å². The lowest BCUT2D eigenvalue weighted by Crippen LogP contribution is -2.32. The number of anilines is 3. The van der Waals surface area contributed by atoms with Crippen LogP contribution in [-0.2, 0) is 5.41 Å². The van der Waals surface area contributed by atoms with Gasteiger partial charge in [0.2, 0.25) is 0 Å². The van der Waals surface area contributed by atoms with Crippen LogP contribution >= 0.6 is 0 Å². The highest BCUT2D eigenvalue weighted by molar-refractivity contribution is 6.07. The number of rotatable bonds is 4. The van der Waals surface area contributed by atoms with Crippen LogP contribution in [0.1, 0.15) is 22.3 Å². The first kappa shape index (κ1) is 35.2. The van der Waals surface area contributed by atoms with Gasteiger partial charge in [-0.15, -0.1) is 0 Å². The minimum atomic E-state index is -0.630. The third-order valence-corrected chi connectivity index (χ3v) is 13.9. The van der Waals surface area contributed by atoms with Crippen molar-refractivity contribution in [3.63, 3.8) is 0 Å². The SMILES string of the molecule is c1ccc(N(c2ccc3cccc(-c4ccc5c(c4)C4(c6ccccc6-5)c5ccc6ccccc6c5Oc5c4ccc4ccccc54)c3c2)c2ccc3oc4ccccc4c3c2)cc1. The average Bonchev–Trinajstić information content (AvgIpc) is 3.87. The summed E-state index contributed by atoms with van der Waals surface area (Å²) in [4.78, 5) is 2.36. The Bertz CT molecular complexity index is 3810. The maximum atomic E-state index is 7.23. The Morgan fingerprint density at radius 2 is 0.875 bits per heavy atom. The van der Waals surface area contributed by atoms with Crippen LogP contribution in [-0.4, -0.2) is 0 Å². The highest BCUT2D eigenvalue weighted by atomic mass is 16.5. The molecule has 298 valence electrons. The number of fused-ring (bicyclic) bond motifs is 17. The second kappa shape index (κ2) is 13.3. The lowest BCUT2D eigenvalue weighted by Gasteiger charge is -2.40. The van der Waals surface area contributed by atoms with Gasteiger partial charge in [-0.3, -0.25) is 0 Å². The quantitative estimate of drug-likeness (QED) is 0.177. The van der Waals surface area contributed by atoms with E-state index in [2.05, 4.69) is 217 Å². The van der Waals surface area contributed by atoms with Gasteiger partial charge in [-0.2, -0.15) is 0 Å². The van der Waals surface area contributed by atoms with Crippen LogP contribution < -0.4 is 9.64 Å². The molecule has 2 aliphatic rings. The van der Waals surface area contributed by atoms with Crippen LogP contribution in [0.2, 0.25) is 0 Å². The Hall–Kier alpha value is -8.40. The molecular weight excluding hydrogens is 779 g/mol. The molecule has 2 heterocycles. The summed E-state index contributed by atoms with van der Waals surface area (Å²) >= 11 is 0. The molecule has 0 bridgehead atoms. The lowest BCUT2D eigenvalue weighted by molar-refractivity contribution is 0.447.